The van der Waals surface area contributed by atoms with Crippen LogP contribution >= 0.6 is 15.9 Å². The molecule has 2 rings (SSSR count). The normalized spacial score (nSPS) is 17.9. The maximum atomic E-state index is 13.3. The molecular weight excluding hydrogens is 293 g/mol. The third-order valence-electron chi connectivity index (χ3n) is 4.03. The number of benzene rings is 1. The summed E-state index contributed by atoms with van der Waals surface area (Å²) in [5.41, 5.74) is 1.38. The lowest BCUT2D eigenvalue weighted by Crippen LogP contribution is -2.37. The molecule has 1 aromatic rings. The van der Waals surface area contributed by atoms with Gasteiger partial charge in [-0.25, -0.2) is 4.39 Å². The first-order valence-corrected chi connectivity index (χ1v) is 7.88. The van der Waals surface area contributed by atoms with Crippen LogP contribution in [0.25, 0.3) is 0 Å². The number of anilines is 1. The quantitative estimate of drug-likeness (QED) is 0.718. The minimum Gasteiger partial charge on any atom is -0.371 e. The van der Waals surface area contributed by atoms with Crippen LogP contribution in [0.15, 0.2) is 24.3 Å². The van der Waals surface area contributed by atoms with Gasteiger partial charge >= 0.3 is 0 Å². The smallest absolute Gasteiger partial charge is 0.125 e. The Balaban J connectivity index is 2.14. The van der Waals surface area contributed by atoms with E-state index in [2.05, 4.69) is 27.8 Å². The molecule has 18 heavy (non-hydrogen) atoms. The molecule has 0 bridgehead atoms. The number of hydrogen-bond acceptors (Lipinski definition) is 1. The molecular formula is C15H21BrFN. The van der Waals surface area contributed by atoms with E-state index in [0.717, 1.165) is 24.1 Å². The predicted octanol–water partition coefficient (Wildman–Crippen LogP) is 4.61. The van der Waals surface area contributed by atoms with E-state index >= 15 is 0 Å². The van der Waals surface area contributed by atoms with Crippen molar-refractivity contribution in [1.29, 1.82) is 0 Å². The Labute approximate surface area is 118 Å². The largest absolute Gasteiger partial charge is 0.371 e. The lowest BCUT2D eigenvalue weighted by atomic mass is 9.88. The molecule has 1 saturated carbocycles. The minimum atomic E-state index is -0.148. The zero-order chi connectivity index (χ0) is 13.0. The molecule has 1 fully saturated rings. The molecule has 100 valence electrons. The van der Waals surface area contributed by atoms with Crippen molar-refractivity contribution < 1.29 is 4.39 Å². The van der Waals surface area contributed by atoms with Gasteiger partial charge in [-0.3, -0.25) is 0 Å². The Morgan fingerprint density at radius 1 is 1.33 bits per heavy atom. The van der Waals surface area contributed by atoms with E-state index in [1.165, 1.54) is 31.7 Å². The Bertz CT molecular complexity index is 388. The van der Waals surface area contributed by atoms with Gasteiger partial charge < -0.3 is 4.90 Å². The second-order valence-electron chi connectivity index (χ2n) is 5.33. The second-order valence-corrected chi connectivity index (χ2v) is 5.90. The van der Waals surface area contributed by atoms with Crippen molar-refractivity contribution in [3.05, 3.63) is 30.1 Å². The SMILES string of the molecule is CCN(CC1(CBr)CCCC1)c1cccc(F)c1. The molecule has 0 atom stereocenters. The molecule has 0 heterocycles. The van der Waals surface area contributed by atoms with Gasteiger partial charge in [0.05, 0.1) is 0 Å². The fourth-order valence-electron chi connectivity index (χ4n) is 2.92. The van der Waals surface area contributed by atoms with Crippen molar-refractivity contribution >= 4 is 21.6 Å². The monoisotopic (exact) mass is 313 g/mol. The van der Waals surface area contributed by atoms with E-state index in [1.54, 1.807) is 12.1 Å². The highest BCUT2D eigenvalue weighted by Gasteiger charge is 2.34. The Morgan fingerprint density at radius 2 is 2.06 bits per heavy atom. The molecule has 0 N–H and O–H groups in total. The van der Waals surface area contributed by atoms with Gasteiger partial charge in [-0.15, -0.1) is 0 Å². The maximum Gasteiger partial charge on any atom is 0.125 e. The van der Waals surface area contributed by atoms with Gasteiger partial charge in [0.2, 0.25) is 0 Å². The molecule has 1 aliphatic carbocycles. The average Bonchev–Trinajstić information content (AvgIpc) is 2.85. The number of halogens is 2. The topological polar surface area (TPSA) is 3.24 Å². The Hall–Kier alpha value is -0.570. The van der Waals surface area contributed by atoms with E-state index in [9.17, 15) is 4.39 Å². The zero-order valence-electron chi connectivity index (χ0n) is 11.0. The van der Waals surface area contributed by atoms with Gasteiger partial charge in [-0.05, 0) is 43.4 Å². The van der Waals surface area contributed by atoms with Gasteiger partial charge in [-0.1, -0.05) is 34.8 Å². The lowest BCUT2D eigenvalue weighted by Gasteiger charge is -2.35. The highest BCUT2D eigenvalue weighted by atomic mass is 79.9. The molecule has 0 amide bonds. The highest BCUT2D eigenvalue weighted by Crippen LogP contribution is 2.41. The van der Waals surface area contributed by atoms with Gasteiger partial charge in [0.15, 0.2) is 0 Å². The molecule has 3 heteroatoms. The summed E-state index contributed by atoms with van der Waals surface area (Å²) in [6.07, 6.45) is 5.22. The zero-order valence-corrected chi connectivity index (χ0v) is 12.5. The van der Waals surface area contributed by atoms with Crippen molar-refractivity contribution in [1.82, 2.24) is 0 Å². The minimum absolute atomic E-state index is 0.148. The maximum absolute atomic E-state index is 13.3. The van der Waals surface area contributed by atoms with Crippen LogP contribution in [0.2, 0.25) is 0 Å². The average molecular weight is 314 g/mol. The summed E-state index contributed by atoms with van der Waals surface area (Å²) in [6.45, 7) is 4.10. The lowest BCUT2D eigenvalue weighted by molar-refractivity contribution is 0.351. The van der Waals surface area contributed by atoms with E-state index in [4.69, 9.17) is 0 Å². The molecule has 1 nitrogen and oxygen atoms in total. The first kappa shape index (κ1) is 13.9. The van der Waals surface area contributed by atoms with Crippen LogP contribution < -0.4 is 4.90 Å². The van der Waals surface area contributed by atoms with Crippen molar-refractivity contribution in [3.63, 3.8) is 0 Å². The summed E-state index contributed by atoms with van der Waals surface area (Å²) in [4.78, 5) is 2.30. The van der Waals surface area contributed by atoms with Crippen LogP contribution in [0.5, 0.6) is 0 Å². The summed E-state index contributed by atoms with van der Waals surface area (Å²) < 4.78 is 13.3. The van der Waals surface area contributed by atoms with Gasteiger partial charge in [0.1, 0.15) is 5.82 Å². The summed E-state index contributed by atoms with van der Waals surface area (Å²) >= 11 is 3.68. The molecule has 1 aliphatic rings. The van der Waals surface area contributed by atoms with Crippen LogP contribution in [0.1, 0.15) is 32.6 Å². The number of alkyl halides is 1. The number of hydrogen-bond donors (Lipinski definition) is 0. The molecule has 0 spiro atoms. The van der Waals surface area contributed by atoms with Crippen molar-refractivity contribution in [2.75, 3.05) is 23.3 Å². The first-order chi connectivity index (χ1) is 8.69. The number of nitrogens with zero attached hydrogens (tertiary/aromatic N) is 1. The third kappa shape index (κ3) is 3.05. The Morgan fingerprint density at radius 3 is 2.61 bits per heavy atom. The molecule has 0 unspecified atom stereocenters. The van der Waals surface area contributed by atoms with Crippen LogP contribution in [0.3, 0.4) is 0 Å². The summed E-state index contributed by atoms with van der Waals surface area (Å²) in [7, 11) is 0. The summed E-state index contributed by atoms with van der Waals surface area (Å²) in [5, 5.41) is 1.05. The summed E-state index contributed by atoms with van der Waals surface area (Å²) in [5.74, 6) is -0.148. The van der Waals surface area contributed by atoms with E-state index in [-0.39, 0.29) is 5.82 Å². The Kier molecular flexibility index (Phi) is 4.66. The van der Waals surface area contributed by atoms with Crippen LogP contribution in [0, 0.1) is 11.2 Å². The fraction of sp³-hybridized carbons (Fsp3) is 0.600. The van der Waals surface area contributed by atoms with Crippen LogP contribution in [0.4, 0.5) is 10.1 Å². The van der Waals surface area contributed by atoms with Gasteiger partial charge in [0.25, 0.3) is 0 Å². The third-order valence-corrected chi connectivity index (χ3v) is 5.22. The summed E-state index contributed by atoms with van der Waals surface area (Å²) in [6, 6.07) is 6.94. The highest BCUT2D eigenvalue weighted by molar-refractivity contribution is 9.09. The fourth-order valence-corrected chi connectivity index (χ4v) is 3.66. The van der Waals surface area contributed by atoms with E-state index < -0.39 is 0 Å². The van der Waals surface area contributed by atoms with Gasteiger partial charge in [-0.2, -0.15) is 0 Å². The van der Waals surface area contributed by atoms with E-state index in [0.29, 0.717) is 5.41 Å². The molecule has 0 saturated heterocycles. The van der Waals surface area contributed by atoms with E-state index in [1.807, 2.05) is 6.07 Å². The van der Waals surface area contributed by atoms with Crippen molar-refractivity contribution in [3.8, 4) is 0 Å². The molecule has 0 radical (unpaired) electrons. The molecule has 0 aliphatic heterocycles. The first-order valence-electron chi connectivity index (χ1n) is 6.75. The van der Waals surface area contributed by atoms with Crippen molar-refractivity contribution in [2.24, 2.45) is 5.41 Å². The van der Waals surface area contributed by atoms with Crippen LogP contribution in [-0.2, 0) is 0 Å². The predicted molar refractivity (Wildman–Crippen MR) is 79.0 cm³/mol. The van der Waals surface area contributed by atoms with Gasteiger partial charge in [0, 0.05) is 24.1 Å². The molecule has 0 aromatic heterocycles. The van der Waals surface area contributed by atoms with Crippen molar-refractivity contribution in [2.45, 2.75) is 32.6 Å². The van der Waals surface area contributed by atoms with Crippen LogP contribution in [-0.4, -0.2) is 18.4 Å². The second kappa shape index (κ2) is 6.05. The molecule has 1 aromatic carbocycles. The number of rotatable bonds is 5. The standard InChI is InChI=1S/C15H21BrFN/c1-2-18(14-7-5-6-13(17)10-14)12-15(11-16)8-3-4-9-15/h5-7,10H,2-4,8-9,11-12H2,1H3.